The number of amides is 1. The highest BCUT2D eigenvalue weighted by molar-refractivity contribution is 5.82. The second kappa shape index (κ2) is 10.2. The second-order valence-electron chi connectivity index (χ2n) is 9.61. The Labute approximate surface area is 206 Å². The van der Waals surface area contributed by atoms with Crippen LogP contribution in [-0.4, -0.2) is 37.4 Å². The smallest absolute Gasteiger partial charge is 0.407 e. The molecule has 0 aliphatic heterocycles. The maximum Gasteiger partial charge on any atom is 0.407 e. The number of methoxy groups -OCH3 is 1. The Bertz CT molecular complexity index is 1170. The van der Waals surface area contributed by atoms with Gasteiger partial charge in [-0.2, -0.15) is 0 Å². The molecule has 1 amide bonds. The molecule has 35 heavy (non-hydrogen) atoms. The Balaban J connectivity index is 1.47. The van der Waals surface area contributed by atoms with Crippen LogP contribution in [-0.2, 0) is 20.7 Å². The van der Waals surface area contributed by atoms with E-state index in [9.17, 15) is 9.59 Å². The number of fused-ring (bicyclic) bond motifs is 3. The highest BCUT2D eigenvalue weighted by Crippen LogP contribution is 2.44. The van der Waals surface area contributed by atoms with E-state index in [1.165, 1.54) is 0 Å². The summed E-state index contributed by atoms with van der Waals surface area (Å²) in [6, 6.07) is 22.8. The topological polar surface area (TPSA) is 73.9 Å². The van der Waals surface area contributed by atoms with Crippen LogP contribution in [0.4, 0.5) is 4.79 Å². The number of alkyl carbamates (subject to hydrolysis) is 1. The second-order valence-corrected chi connectivity index (χ2v) is 9.61. The molecule has 1 atom stereocenters. The van der Waals surface area contributed by atoms with Gasteiger partial charge in [-0.1, -0.05) is 60.7 Å². The van der Waals surface area contributed by atoms with Crippen molar-refractivity contribution >= 4 is 12.1 Å². The number of carbonyl (C=O) groups is 2. The third-order valence-corrected chi connectivity index (χ3v) is 5.90. The molecule has 0 spiro atoms. The van der Waals surface area contributed by atoms with Crippen LogP contribution in [0.5, 0.6) is 5.75 Å². The van der Waals surface area contributed by atoms with Gasteiger partial charge < -0.3 is 19.5 Å². The van der Waals surface area contributed by atoms with Gasteiger partial charge in [0.2, 0.25) is 0 Å². The Morgan fingerprint density at radius 2 is 1.54 bits per heavy atom. The lowest BCUT2D eigenvalue weighted by molar-refractivity contribution is -0.157. The Morgan fingerprint density at radius 3 is 2.14 bits per heavy atom. The van der Waals surface area contributed by atoms with Gasteiger partial charge in [0.05, 0.1) is 7.11 Å². The number of nitrogens with one attached hydrogen (secondary N) is 1. The van der Waals surface area contributed by atoms with Gasteiger partial charge in [0.1, 0.15) is 24.0 Å². The Morgan fingerprint density at radius 1 is 0.914 bits per heavy atom. The molecule has 0 unspecified atom stereocenters. The quantitative estimate of drug-likeness (QED) is 0.460. The maximum atomic E-state index is 12.9. The summed E-state index contributed by atoms with van der Waals surface area (Å²) in [5.41, 5.74) is 4.71. The molecule has 3 aromatic rings. The summed E-state index contributed by atoms with van der Waals surface area (Å²) in [5.74, 6) is 0.0897. The Hall–Kier alpha value is -3.80. The van der Waals surface area contributed by atoms with E-state index < -0.39 is 23.7 Å². The van der Waals surface area contributed by atoms with Crippen molar-refractivity contribution in [1.29, 1.82) is 0 Å². The molecule has 0 aromatic heterocycles. The maximum absolute atomic E-state index is 12.9. The van der Waals surface area contributed by atoms with Crippen LogP contribution in [0.15, 0.2) is 72.8 Å². The third-order valence-electron chi connectivity index (χ3n) is 5.90. The van der Waals surface area contributed by atoms with Crippen molar-refractivity contribution < 1.29 is 23.8 Å². The van der Waals surface area contributed by atoms with Gasteiger partial charge in [-0.05, 0) is 60.7 Å². The molecule has 0 saturated carbocycles. The summed E-state index contributed by atoms with van der Waals surface area (Å²) in [6.07, 6.45) is -0.415. The SMILES string of the molecule is COc1cccc(C[C@H](NC(=O)OCC2c3ccccc3-c3ccccc32)C(=O)OC(C)(C)C)c1. The zero-order valence-corrected chi connectivity index (χ0v) is 20.5. The van der Waals surface area contributed by atoms with E-state index in [0.717, 1.165) is 27.8 Å². The minimum Gasteiger partial charge on any atom is -0.497 e. The summed E-state index contributed by atoms with van der Waals surface area (Å²) in [4.78, 5) is 25.8. The van der Waals surface area contributed by atoms with Crippen molar-refractivity contribution in [1.82, 2.24) is 5.32 Å². The minimum absolute atomic E-state index is 0.0634. The van der Waals surface area contributed by atoms with Crippen molar-refractivity contribution in [2.75, 3.05) is 13.7 Å². The van der Waals surface area contributed by atoms with Crippen LogP contribution in [0.1, 0.15) is 43.4 Å². The molecule has 4 rings (SSSR count). The van der Waals surface area contributed by atoms with Crippen LogP contribution in [0.25, 0.3) is 11.1 Å². The lowest BCUT2D eigenvalue weighted by Crippen LogP contribution is -2.46. The van der Waals surface area contributed by atoms with Crippen LogP contribution in [0.3, 0.4) is 0 Å². The fourth-order valence-electron chi connectivity index (χ4n) is 4.38. The number of ether oxygens (including phenoxy) is 3. The largest absolute Gasteiger partial charge is 0.497 e. The fourth-order valence-corrected chi connectivity index (χ4v) is 4.38. The number of benzene rings is 3. The standard InChI is InChI=1S/C29H31NO5/c1-29(2,3)35-27(31)26(17-19-10-9-11-20(16-19)33-4)30-28(32)34-18-25-23-14-7-5-12-21(23)22-13-6-8-15-24(22)25/h5-16,25-26H,17-18H2,1-4H3,(H,30,32)/t26-/m0/s1. The first-order chi connectivity index (χ1) is 16.7. The van der Waals surface area contributed by atoms with Crippen molar-refractivity contribution in [2.45, 2.75) is 44.8 Å². The molecule has 6 nitrogen and oxygen atoms in total. The van der Waals surface area contributed by atoms with Crippen LogP contribution < -0.4 is 10.1 Å². The molecule has 1 aliphatic rings. The van der Waals surface area contributed by atoms with E-state index in [-0.39, 0.29) is 18.9 Å². The van der Waals surface area contributed by atoms with Crippen LogP contribution in [0, 0.1) is 0 Å². The summed E-state index contributed by atoms with van der Waals surface area (Å²) in [7, 11) is 1.58. The van der Waals surface area contributed by atoms with Gasteiger partial charge >= 0.3 is 12.1 Å². The average Bonchev–Trinajstić information content (AvgIpc) is 3.15. The first-order valence-electron chi connectivity index (χ1n) is 11.7. The number of hydrogen-bond acceptors (Lipinski definition) is 5. The van der Waals surface area contributed by atoms with E-state index in [2.05, 4.69) is 29.6 Å². The molecular weight excluding hydrogens is 442 g/mol. The molecule has 3 aromatic carbocycles. The van der Waals surface area contributed by atoms with Gasteiger partial charge in [0, 0.05) is 12.3 Å². The zero-order valence-electron chi connectivity index (χ0n) is 20.5. The monoisotopic (exact) mass is 473 g/mol. The summed E-state index contributed by atoms with van der Waals surface area (Å²) < 4.78 is 16.5. The molecule has 0 saturated heterocycles. The van der Waals surface area contributed by atoms with Crippen molar-refractivity contribution in [3.8, 4) is 16.9 Å². The van der Waals surface area contributed by atoms with Gasteiger partial charge in [0.15, 0.2) is 0 Å². The molecule has 1 aliphatic carbocycles. The zero-order chi connectivity index (χ0) is 25.0. The minimum atomic E-state index is -0.906. The van der Waals surface area contributed by atoms with E-state index in [0.29, 0.717) is 5.75 Å². The van der Waals surface area contributed by atoms with Gasteiger partial charge in [-0.15, -0.1) is 0 Å². The molecule has 0 heterocycles. The lowest BCUT2D eigenvalue weighted by Gasteiger charge is -2.25. The van der Waals surface area contributed by atoms with E-state index in [1.807, 2.05) is 48.5 Å². The normalized spacial score (nSPS) is 13.4. The van der Waals surface area contributed by atoms with Crippen LogP contribution >= 0.6 is 0 Å². The summed E-state index contributed by atoms with van der Waals surface area (Å²) in [6.45, 7) is 5.54. The molecule has 0 bridgehead atoms. The number of rotatable bonds is 7. The first kappa shape index (κ1) is 24.3. The number of carbonyl (C=O) groups excluding carboxylic acids is 2. The van der Waals surface area contributed by atoms with E-state index in [4.69, 9.17) is 14.2 Å². The molecule has 0 fully saturated rings. The molecular formula is C29H31NO5. The fraction of sp³-hybridized carbons (Fsp3) is 0.310. The Kier molecular flexibility index (Phi) is 7.10. The van der Waals surface area contributed by atoms with Gasteiger partial charge in [0.25, 0.3) is 0 Å². The molecule has 182 valence electrons. The van der Waals surface area contributed by atoms with Crippen molar-refractivity contribution in [3.63, 3.8) is 0 Å². The molecule has 1 N–H and O–H groups in total. The number of esters is 1. The number of hydrogen-bond donors (Lipinski definition) is 1. The van der Waals surface area contributed by atoms with Crippen LogP contribution in [0.2, 0.25) is 0 Å². The summed E-state index contributed by atoms with van der Waals surface area (Å²) in [5, 5.41) is 2.72. The van der Waals surface area contributed by atoms with Gasteiger partial charge in [-0.3, -0.25) is 0 Å². The highest BCUT2D eigenvalue weighted by Gasteiger charge is 2.31. The predicted molar refractivity (Wildman–Crippen MR) is 135 cm³/mol. The van der Waals surface area contributed by atoms with E-state index in [1.54, 1.807) is 27.9 Å². The average molecular weight is 474 g/mol. The molecule has 6 heteroatoms. The molecule has 0 radical (unpaired) electrons. The first-order valence-corrected chi connectivity index (χ1v) is 11.7. The van der Waals surface area contributed by atoms with Gasteiger partial charge in [-0.25, -0.2) is 9.59 Å². The highest BCUT2D eigenvalue weighted by atomic mass is 16.6. The van der Waals surface area contributed by atoms with Crippen molar-refractivity contribution in [3.05, 3.63) is 89.5 Å². The predicted octanol–water partition coefficient (Wildman–Crippen LogP) is 5.49. The van der Waals surface area contributed by atoms with E-state index >= 15 is 0 Å². The lowest BCUT2D eigenvalue weighted by atomic mass is 9.98. The summed E-state index contributed by atoms with van der Waals surface area (Å²) >= 11 is 0. The third kappa shape index (κ3) is 5.83. The van der Waals surface area contributed by atoms with Crippen molar-refractivity contribution in [2.24, 2.45) is 0 Å².